The molecule has 1 spiro atoms. The third-order valence-electron chi connectivity index (χ3n) is 4.00. The summed E-state index contributed by atoms with van der Waals surface area (Å²) in [5, 5.41) is 5.78. The van der Waals surface area contributed by atoms with Gasteiger partial charge in [-0.15, -0.1) is 11.3 Å². The molecule has 1 aliphatic heterocycles. The Hall–Kier alpha value is -1.29. The van der Waals surface area contributed by atoms with Gasteiger partial charge in [0.05, 0.1) is 12.0 Å². The summed E-state index contributed by atoms with van der Waals surface area (Å²) >= 11 is 1.78. The van der Waals surface area contributed by atoms with Crippen LogP contribution in [0.5, 0.6) is 0 Å². The smallest absolute Gasteiger partial charge is 0.230 e. The van der Waals surface area contributed by atoms with Crippen LogP contribution in [0, 0.1) is 0 Å². The summed E-state index contributed by atoms with van der Waals surface area (Å²) in [7, 11) is 1.86. The van der Waals surface area contributed by atoms with Gasteiger partial charge in [-0.3, -0.25) is 4.79 Å². The summed E-state index contributed by atoms with van der Waals surface area (Å²) in [4.78, 5) is 15.4. The van der Waals surface area contributed by atoms with E-state index in [2.05, 4.69) is 30.6 Å². The zero-order valence-electron chi connectivity index (χ0n) is 11.0. The molecule has 1 aliphatic carbocycles. The first-order valence-electron chi connectivity index (χ1n) is 6.32. The van der Waals surface area contributed by atoms with Crippen LogP contribution in [0.15, 0.2) is 22.8 Å². The maximum Gasteiger partial charge on any atom is 0.230 e. The van der Waals surface area contributed by atoms with Gasteiger partial charge < -0.3 is 10.2 Å². The molecular weight excluding hydrogens is 244 g/mol. The van der Waals surface area contributed by atoms with Crippen molar-refractivity contribution < 1.29 is 4.79 Å². The molecule has 2 heterocycles. The Bertz CT molecular complexity index is 542. The third kappa shape index (κ3) is 1.52. The quantitative estimate of drug-likeness (QED) is 0.779. The van der Waals surface area contributed by atoms with E-state index in [1.165, 1.54) is 10.4 Å². The molecule has 96 valence electrons. The van der Waals surface area contributed by atoms with E-state index in [0.29, 0.717) is 6.42 Å². The first kappa shape index (κ1) is 11.8. The highest BCUT2D eigenvalue weighted by Gasteiger charge is 2.46. The van der Waals surface area contributed by atoms with Gasteiger partial charge in [-0.2, -0.15) is 0 Å². The van der Waals surface area contributed by atoms with Crippen LogP contribution < -0.4 is 5.32 Å². The second-order valence-electron chi connectivity index (χ2n) is 5.46. The van der Waals surface area contributed by atoms with Crippen LogP contribution >= 0.6 is 11.3 Å². The molecule has 2 aliphatic rings. The van der Waals surface area contributed by atoms with E-state index in [-0.39, 0.29) is 11.4 Å². The lowest BCUT2D eigenvalue weighted by molar-refractivity contribution is -0.132. The van der Waals surface area contributed by atoms with Crippen LogP contribution in [-0.4, -0.2) is 17.9 Å². The van der Waals surface area contributed by atoms with Gasteiger partial charge >= 0.3 is 0 Å². The normalized spacial score (nSPS) is 26.5. The molecule has 0 saturated carbocycles. The summed E-state index contributed by atoms with van der Waals surface area (Å²) in [6, 6.07) is 2.20. The minimum atomic E-state index is -0.139. The number of rotatable bonds is 0. The van der Waals surface area contributed by atoms with Crippen LogP contribution in [0.2, 0.25) is 0 Å². The van der Waals surface area contributed by atoms with Gasteiger partial charge in [0.1, 0.15) is 5.82 Å². The lowest BCUT2D eigenvalue weighted by Crippen LogP contribution is -2.53. The molecule has 1 N–H and O–H groups in total. The molecule has 1 aromatic rings. The number of nitrogens with zero attached hydrogens (tertiary/aromatic N) is 1. The Balaban J connectivity index is 2.06. The second-order valence-corrected chi connectivity index (χ2v) is 6.38. The van der Waals surface area contributed by atoms with Crippen molar-refractivity contribution in [1.29, 1.82) is 0 Å². The third-order valence-corrected chi connectivity index (χ3v) is 5.16. The van der Waals surface area contributed by atoms with Gasteiger partial charge in [-0.25, -0.2) is 0 Å². The van der Waals surface area contributed by atoms with Gasteiger partial charge in [0.2, 0.25) is 5.91 Å². The van der Waals surface area contributed by atoms with E-state index >= 15 is 0 Å². The standard InChI is InChI=1S/C14H18N2OS/c1-9(2)13-15-14(8-11(17)16(13)3)6-4-10-5-7-18-12(10)14/h5,7,15H,4,6,8H2,1-3H3. The molecule has 3 rings (SSSR count). The minimum absolute atomic E-state index is 0.139. The van der Waals surface area contributed by atoms with Gasteiger partial charge in [0.15, 0.2) is 0 Å². The number of hydrogen-bond acceptors (Lipinski definition) is 3. The summed E-state index contributed by atoms with van der Waals surface area (Å²) in [6.45, 7) is 4.10. The number of hydrogen-bond donors (Lipinski definition) is 1. The summed E-state index contributed by atoms with van der Waals surface area (Å²) in [5.74, 6) is 1.19. The predicted molar refractivity (Wildman–Crippen MR) is 73.2 cm³/mol. The van der Waals surface area contributed by atoms with Gasteiger partial charge in [-0.05, 0) is 49.3 Å². The molecule has 1 unspecified atom stereocenters. The molecule has 1 aromatic heterocycles. The predicted octanol–water partition coefficient (Wildman–Crippen LogP) is 2.59. The monoisotopic (exact) mass is 262 g/mol. The molecule has 1 amide bonds. The number of nitrogens with one attached hydrogen (secondary N) is 1. The van der Waals surface area contributed by atoms with Crippen molar-refractivity contribution in [2.24, 2.45) is 0 Å². The first-order valence-corrected chi connectivity index (χ1v) is 7.20. The SMILES string of the molecule is CC(C)=C1NC2(CCc3ccsc32)CC(=O)N1C. The number of carbonyl (C=O) groups excluding carboxylic acids is 1. The Morgan fingerprint density at radius 2 is 2.28 bits per heavy atom. The Kier molecular flexibility index (Phi) is 2.52. The summed E-state index contributed by atoms with van der Waals surface area (Å²) in [6.07, 6.45) is 2.69. The number of thiophene rings is 1. The van der Waals surface area contributed by atoms with Crippen molar-refractivity contribution in [3.63, 3.8) is 0 Å². The van der Waals surface area contributed by atoms with Gasteiger partial charge in [-0.1, -0.05) is 0 Å². The van der Waals surface area contributed by atoms with Crippen molar-refractivity contribution >= 4 is 17.2 Å². The molecule has 3 nitrogen and oxygen atoms in total. The molecule has 0 radical (unpaired) electrons. The van der Waals surface area contributed by atoms with Crippen molar-refractivity contribution in [3.8, 4) is 0 Å². The molecular formula is C14H18N2OS. The van der Waals surface area contributed by atoms with Crippen LogP contribution in [0.1, 0.15) is 37.1 Å². The van der Waals surface area contributed by atoms with E-state index in [0.717, 1.165) is 24.2 Å². The molecule has 4 heteroatoms. The van der Waals surface area contributed by atoms with Gasteiger partial charge in [0.25, 0.3) is 0 Å². The van der Waals surface area contributed by atoms with Crippen LogP contribution in [0.3, 0.4) is 0 Å². The number of fused-ring (bicyclic) bond motifs is 2. The summed E-state index contributed by atoms with van der Waals surface area (Å²) < 4.78 is 0. The fraction of sp³-hybridized carbons (Fsp3) is 0.500. The van der Waals surface area contributed by atoms with Crippen LogP contribution in [0.4, 0.5) is 0 Å². The number of carbonyl (C=O) groups is 1. The average Bonchev–Trinajstić information content (AvgIpc) is 2.88. The number of amides is 1. The zero-order chi connectivity index (χ0) is 12.9. The molecule has 0 bridgehead atoms. The fourth-order valence-corrected chi connectivity index (χ4v) is 4.16. The molecule has 1 saturated heterocycles. The van der Waals surface area contributed by atoms with Crippen LogP contribution in [0.25, 0.3) is 0 Å². The topological polar surface area (TPSA) is 32.3 Å². The molecule has 18 heavy (non-hydrogen) atoms. The highest BCUT2D eigenvalue weighted by Crippen LogP contribution is 2.45. The lowest BCUT2D eigenvalue weighted by Gasteiger charge is -2.41. The highest BCUT2D eigenvalue weighted by molar-refractivity contribution is 7.10. The first-order chi connectivity index (χ1) is 8.53. The Morgan fingerprint density at radius 3 is 3.00 bits per heavy atom. The Morgan fingerprint density at radius 1 is 1.50 bits per heavy atom. The van der Waals surface area contributed by atoms with Crippen molar-refractivity contribution in [3.05, 3.63) is 33.3 Å². The maximum atomic E-state index is 12.3. The van der Waals surface area contributed by atoms with Crippen molar-refractivity contribution in [2.75, 3.05) is 7.05 Å². The molecule has 1 fully saturated rings. The number of aryl methyl sites for hydroxylation is 1. The second kappa shape index (κ2) is 3.85. The average molecular weight is 262 g/mol. The van der Waals surface area contributed by atoms with E-state index in [1.54, 1.807) is 16.2 Å². The van der Waals surface area contributed by atoms with Crippen molar-refractivity contribution in [2.45, 2.75) is 38.6 Å². The van der Waals surface area contributed by atoms with E-state index in [9.17, 15) is 4.79 Å². The molecule has 1 atom stereocenters. The van der Waals surface area contributed by atoms with Crippen molar-refractivity contribution in [1.82, 2.24) is 10.2 Å². The Labute approximate surface area is 111 Å². The lowest BCUT2D eigenvalue weighted by atomic mass is 9.90. The molecule has 0 aromatic carbocycles. The zero-order valence-corrected chi connectivity index (χ0v) is 11.9. The largest absolute Gasteiger partial charge is 0.361 e. The summed E-state index contributed by atoms with van der Waals surface area (Å²) in [5.41, 5.74) is 2.44. The van der Waals surface area contributed by atoms with E-state index in [4.69, 9.17) is 0 Å². The van der Waals surface area contributed by atoms with Crippen LogP contribution in [-0.2, 0) is 16.8 Å². The highest BCUT2D eigenvalue weighted by atomic mass is 32.1. The fourth-order valence-electron chi connectivity index (χ4n) is 3.02. The van der Waals surface area contributed by atoms with E-state index in [1.807, 2.05) is 7.05 Å². The maximum absolute atomic E-state index is 12.3. The van der Waals surface area contributed by atoms with E-state index < -0.39 is 0 Å². The van der Waals surface area contributed by atoms with Gasteiger partial charge in [0, 0.05) is 11.9 Å². The minimum Gasteiger partial charge on any atom is -0.361 e. The number of allylic oxidation sites excluding steroid dienone is 1.